The van der Waals surface area contributed by atoms with Crippen LogP contribution in [0.3, 0.4) is 0 Å². The Labute approximate surface area is 202 Å². The standard InChI is InChI=1S/C26H26N2O7/c1-28(13-16-11-12-23(35-16)25(30)31)24(29)22(15-33-2)27-26(32)34-14-21-19-9-5-3-7-17(19)18-8-4-6-10-20(18)21/h3-12,21-22H,13-15H2,1-2H3,(H,27,32)(H,30,31)/t22-/m0/s1. The zero-order valence-electron chi connectivity index (χ0n) is 19.4. The summed E-state index contributed by atoms with van der Waals surface area (Å²) >= 11 is 0. The first-order valence-electron chi connectivity index (χ1n) is 11.1. The number of likely N-dealkylation sites (N-methyl/N-ethyl adjacent to an activating group) is 1. The molecule has 3 aromatic rings. The largest absolute Gasteiger partial charge is 0.475 e. The summed E-state index contributed by atoms with van der Waals surface area (Å²) in [5, 5.41) is 11.6. The van der Waals surface area contributed by atoms with Crippen LogP contribution in [0.2, 0.25) is 0 Å². The van der Waals surface area contributed by atoms with Crippen LogP contribution in [-0.4, -0.2) is 61.4 Å². The van der Waals surface area contributed by atoms with Gasteiger partial charge in [-0.05, 0) is 34.4 Å². The number of hydrogen-bond acceptors (Lipinski definition) is 6. The zero-order chi connectivity index (χ0) is 24.9. The van der Waals surface area contributed by atoms with Gasteiger partial charge in [-0.1, -0.05) is 48.5 Å². The van der Waals surface area contributed by atoms with Gasteiger partial charge in [-0.3, -0.25) is 4.79 Å². The van der Waals surface area contributed by atoms with Crippen LogP contribution in [0.1, 0.15) is 33.4 Å². The molecule has 0 radical (unpaired) electrons. The number of aromatic carboxylic acids is 1. The summed E-state index contributed by atoms with van der Waals surface area (Å²) in [7, 11) is 2.94. The molecule has 35 heavy (non-hydrogen) atoms. The number of nitrogens with zero attached hydrogens (tertiary/aromatic N) is 1. The van der Waals surface area contributed by atoms with E-state index in [2.05, 4.69) is 17.4 Å². The highest BCUT2D eigenvalue weighted by Crippen LogP contribution is 2.44. The number of carbonyl (C=O) groups is 3. The molecular weight excluding hydrogens is 452 g/mol. The van der Waals surface area contributed by atoms with Gasteiger partial charge in [0.05, 0.1) is 13.2 Å². The molecule has 1 atom stereocenters. The molecule has 0 spiro atoms. The van der Waals surface area contributed by atoms with Crippen LogP contribution < -0.4 is 5.32 Å². The lowest BCUT2D eigenvalue weighted by molar-refractivity contribution is -0.134. The lowest BCUT2D eigenvalue weighted by atomic mass is 9.98. The molecule has 2 amide bonds. The predicted molar refractivity (Wildman–Crippen MR) is 126 cm³/mol. The van der Waals surface area contributed by atoms with E-state index in [1.54, 1.807) is 0 Å². The summed E-state index contributed by atoms with van der Waals surface area (Å²) in [6, 6.07) is 17.8. The lowest BCUT2D eigenvalue weighted by Gasteiger charge is -2.23. The number of alkyl carbamates (subject to hydrolysis) is 1. The fraction of sp³-hybridized carbons (Fsp3) is 0.269. The molecule has 0 fully saturated rings. The summed E-state index contributed by atoms with van der Waals surface area (Å²) in [5.74, 6) is -1.65. The molecule has 182 valence electrons. The van der Waals surface area contributed by atoms with Crippen molar-refractivity contribution in [3.8, 4) is 11.1 Å². The lowest BCUT2D eigenvalue weighted by Crippen LogP contribution is -2.49. The number of ether oxygens (including phenoxy) is 2. The van der Waals surface area contributed by atoms with Crippen molar-refractivity contribution >= 4 is 18.0 Å². The zero-order valence-corrected chi connectivity index (χ0v) is 19.4. The number of amides is 2. The molecule has 1 heterocycles. The third-order valence-corrected chi connectivity index (χ3v) is 5.91. The van der Waals surface area contributed by atoms with Crippen molar-refractivity contribution < 1.29 is 33.4 Å². The molecule has 0 aliphatic heterocycles. The predicted octanol–water partition coefficient (Wildman–Crippen LogP) is 3.49. The normalized spacial score (nSPS) is 13.0. The Kier molecular flexibility index (Phi) is 7.17. The minimum atomic E-state index is -1.19. The Morgan fingerprint density at radius 3 is 2.23 bits per heavy atom. The van der Waals surface area contributed by atoms with Crippen LogP contribution in [0, 0.1) is 0 Å². The molecular formula is C26H26N2O7. The molecule has 9 heteroatoms. The summed E-state index contributed by atoms with van der Waals surface area (Å²) < 4.78 is 15.9. The van der Waals surface area contributed by atoms with Crippen molar-refractivity contribution in [3.63, 3.8) is 0 Å². The molecule has 0 unspecified atom stereocenters. The van der Waals surface area contributed by atoms with E-state index in [4.69, 9.17) is 19.0 Å². The Morgan fingerprint density at radius 1 is 1.03 bits per heavy atom. The van der Waals surface area contributed by atoms with Crippen LogP contribution in [0.15, 0.2) is 65.1 Å². The number of carboxylic acids is 1. The maximum absolute atomic E-state index is 12.9. The number of nitrogens with one attached hydrogen (secondary N) is 1. The van der Waals surface area contributed by atoms with Gasteiger partial charge < -0.3 is 29.2 Å². The van der Waals surface area contributed by atoms with E-state index in [1.165, 1.54) is 31.2 Å². The Balaban J connectivity index is 1.38. The number of carbonyl (C=O) groups excluding carboxylic acids is 2. The van der Waals surface area contributed by atoms with Gasteiger partial charge in [-0.25, -0.2) is 9.59 Å². The molecule has 4 rings (SSSR count). The minimum absolute atomic E-state index is 0.0265. The van der Waals surface area contributed by atoms with Crippen LogP contribution in [0.4, 0.5) is 4.79 Å². The topological polar surface area (TPSA) is 118 Å². The first-order chi connectivity index (χ1) is 16.9. The van der Waals surface area contributed by atoms with Crippen molar-refractivity contribution in [1.29, 1.82) is 0 Å². The Hall–Kier alpha value is -4.11. The van der Waals surface area contributed by atoms with E-state index >= 15 is 0 Å². The third kappa shape index (κ3) is 5.20. The summed E-state index contributed by atoms with van der Waals surface area (Å²) in [4.78, 5) is 37.9. The van der Waals surface area contributed by atoms with E-state index in [9.17, 15) is 14.4 Å². The quantitative estimate of drug-likeness (QED) is 0.483. The van der Waals surface area contributed by atoms with Gasteiger partial charge >= 0.3 is 12.1 Å². The van der Waals surface area contributed by atoms with Crippen LogP contribution in [0.5, 0.6) is 0 Å². The summed E-state index contributed by atoms with van der Waals surface area (Å²) in [5.41, 5.74) is 4.42. The van der Waals surface area contributed by atoms with Gasteiger partial charge in [0, 0.05) is 20.1 Å². The van der Waals surface area contributed by atoms with E-state index in [0.29, 0.717) is 5.76 Å². The van der Waals surface area contributed by atoms with Gasteiger partial charge in [0.2, 0.25) is 11.7 Å². The van der Waals surface area contributed by atoms with Crippen LogP contribution in [-0.2, 0) is 20.8 Å². The molecule has 1 aliphatic carbocycles. The number of rotatable bonds is 9. The SMILES string of the molecule is COC[C@H](NC(=O)OCC1c2ccccc2-c2ccccc21)C(=O)N(C)Cc1ccc(C(=O)O)o1. The fourth-order valence-electron chi connectivity index (χ4n) is 4.28. The van der Waals surface area contributed by atoms with Crippen molar-refractivity contribution in [2.75, 3.05) is 27.4 Å². The molecule has 1 aromatic heterocycles. The Bertz CT molecular complexity index is 1190. The maximum Gasteiger partial charge on any atom is 0.407 e. The van der Waals surface area contributed by atoms with E-state index < -0.39 is 24.0 Å². The molecule has 0 saturated heterocycles. The van der Waals surface area contributed by atoms with Crippen molar-refractivity contribution in [2.45, 2.75) is 18.5 Å². The average molecular weight is 479 g/mol. The highest BCUT2D eigenvalue weighted by Gasteiger charge is 2.30. The molecule has 2 aromatic carbocycles. The first-order valence-corrected chi connectivity index (χ1v) is 11.1. The average Bonchev–Trinajstić information content (AvgIpc) is 3.45. The minimum Gasteiger partial charge on any atom is -0.475 e. The number of hydrogen-bond donors (Lipinski definition) is 2. The Morgan fingerprint density at radius 2 is 1.66 bits per heavy atom. The van der Waals surface area contributed by atoms with Gasteiger partial charge in [-0.15, -0.1) is 0 Å². The molecule has 9 nitrogen and oxygen atoms in total. The van der Waals surface area contributed by atoms with Gasteiger partial charge in [0.25, 0.3) is 0 Å². The highest BCUT2D eigenvalue weighted by molar-refractivity contribution is 5.86. The number of carboxylic acid groups (broad SMARTS) is 1. The number of benzene rings is 2. The van der Waals surface area contributed by atoms with Crippen molar-refractivity contribution in [2.24, 2.45) is 0 Å². The molecule has 0 bridgehead atoms. The van der Waals surface area contributed by atoms with Crippen LogP contribution >= 0.6 is 0 Å². The van der Waals surface area contributed by atoms with Crippen LogP contribution in [0.25, 0.3) is 11.1 Å². The van der Waals surface area contributed by atoms with Gasteiger partial charge in [-0.2, -0.15) is 0 Å². The second-order valence-electron chi connectivity index (χ2n) is 8.24. The van der Waals surface area contributed by atoms with E-state index in [1.807, 2.05) is 36.4 Å². The first kappa shape index (κ1) is 24.0. The summed E-state index contributed by atoms with van der Waals surface area (Å²) in [6.07, 6.45) is -0.734. The highest BCUT2D eigenvalue weighted by atomic mass is 16.5. The van der Waals surface area contributed by atoms with Crippen molar-refractivity contribution in [3.05, 3.63) is 83.3 Å². The maximum atomic E-state index is 12.9. The van der Waals surface area contributed by atoms with Crippen molar-refractivity contribution in [1.82, 2.24) is 10.2 Å². The number of methoxy groups -OCH3 is 1. The second kappa shape index (κ2) is 10.4. The third-order valence-electron chi connectivity index (χ3n) is 5.91. The number of furan rings is 1. The van der Waals surface area contributed by atoms with Gasteiger partial charge in [0.1, 0.15) is 18.4 Å². The second-order valence-corrected chi connectivity index (χ2v) is 8.24. The van der Waals surface area contributed by atoms with E-state index in [-0.39, 0.29) is 31.4 Å². The van der Waals surface area contributed by atoms with Gasteiger partial charge in [0.15, 0.2) is 0 Å². The smallest absolute Gasteiger partial charge is 0.407 e. The summed E-state index contributed by atoms with van der Waals surface area (Å²) in [6.45, 7) is 0.0819. The number of fused-ring (bicyclic) bond motifs is 3. The molecule has 2 N–H and O–H groups in total. The monoisotopic (exact) mass is 478 g/mol. The fourth-order valence-corrected chi connectivity index (χ4v) is 4.28. The molecule has 0 saturated carbocycles. The molecule has 1 aliphatic rings. The van der Waals surface area contributed by atoms with E-state index in [0.717, 1.165) is 22.3 Å².